The maximum atomic E-state index is 12.1. The lowest BCUT2D eigenvalue weighted by Crippen LogP contribution is -2.50. The highest BCUT2D eigenvalue weighted by Gasteiger charge is 2.20. The van der Waals surface area contributed by atoms with Crippen LogP contribution in [0.5, 0.6) is 5.75 Å². The minimum atomic E-state index is -0.175. The molecule has 0 bridgehead atoms. The largest absolute Gasteiger partial charge is 0.493 e. The number of piperazine rings is 1. The van der Waals surface area contributed by atoms with Crippen LogP contribution in [0.25, 0.3) is 0 Å². The first-order chi connectivity index (χ1) is 12.2. The van der Waals surface area contributed by atoms with Crippen LogP contribution >= 0.6 is 0 Å². The van der Waals surface area contributed by atoms with Crippen LogP contribution in [-0.2, 0) is 9.59 Å². The van der Waals surface area contributed by atoms with Gasteiger partial charge >= 0.3 is 0 Å². The molecule has 136 valence electrons. The molecule has 1 heterocycles. The molecule has 1 aliphatic heterocycles. The number of benzene rings is 1. The van der Waals surface area contributed by atoms with E-state index in [4.69, 9.17) is 4.74 Å². The van der Waals surface area contributed by atoms with Crippen LogP contribution in [0.3, 0.4) is 0 Å². The van der Waals surface area contributed by atoms with Gasteiger partial charge in [-0.15, -0.1) is 0 Å². The zero-order valence-corrected chi connectivity index (χ0v) is 14.6. The minimum Gasteiger partial charge on any atom is -0.493 e. The summed E-state index contributed by atoms with van der Waals surface area (Å²) in [6.45, 7) is 2.48. The summed E-state index contributed by atoms with van der Waals surface area (Å²) in [4.78, 5) is 25.4. The van der Waals surface area contributed by atoms with Gasteiger partial charge in [0.15, 0.2) is 0 Å². The van der Waals surface area contributed by atoms with Gasteiger partial charge < -0.3 is 20.3 Å². The molecular weight excluding hydrogens is 318 g/mol. The van der Waals surface area contributed by atoms with Gasteiger partial charge in [0.25, 0.3) is 0 Å². The Hall–Kier alpha value is -2.08. The fraction of sp³-hybridized carbons (Fsp3) is 0.579. The molecule has 6 nitrogen and oxygen atoms in total. The molecule has 0 spiro atoms. The second kappa shape index (κ2) is 8.85. The smallest absolute Gasteiger partial charge is 0.243 e. The number of hydrogen-bond donors (Lipinski definition) is 2. The van der Waals surface area contributed by atoms with Crippen molar-refractivity contribution in [2.45, 2.75) is 32.1 Å². The topological polar surface area (TPSA) is 70.7 Å². The van der Waals surface area contributed by atoms with E-state index in [2.05, 4.69) is 10.6 Å². The maximum absolute atomic E-state index is 12.1. The molecule has 2 aliphatic rings. The molecule has 1 aromatic carbocycles. The molecule has 0 atom stereocenters. The average molecular weight is 345 g/mol. The predicted octanol–water partition coefficient (Wildman–Crippen LogP) is 2.02. The Kier molecular flexibility index (Phi) is 6.28. The fourth-order valence-electron chi connectivity index (χ4n) is 3.39. The van der Waals surface area contributed by atoms with Gasteiger partial charge in [0.05, 0.1) is 19.7 Å². The Labute approximate surface area is 148 Å². The van der Waals surface area contributed by atoms with Gasteiger partial charge in [0, 0.05) is 18.8 Å². The number of carbonyl (C=O) groups excluding carboxylic acids is 2. The Morgan fingerprint density at radius 2 is 1.96 bits per heavy atom. The lowest BCUT2D eigenvalue weighted by molar-refractivity contribution is -0.135. The highest BCUT2D eigenvalue weighted by atomic mass is 16.5. The minimum absolute atomic E-state index is 0.0344. The third-order valence-electron chi connectivity index (χ3n) is 4.87. The summed E-state index contributed by atoms with van der Waals surface area (Å²) in [7, 11) is 0. The number of nitrogens with zero attached hydrogens (tertiary/aromatic N) is 1. The van der Waals surface area contributed by atoms with Gasteiger partial charge in [0.2, 0.25) is 11.8 Å². The van der Waals surface area contributed by atoms with Crippen molar-refractivity contribution in [1.82, 2.24) is 10.2 Å². The van der Waals surface area contributed by atoms with E-state index in [9.17, 15) is 9.59 Å². The van der Waals surface area contributed by atoms with Crippen LogP contribution < -0.4 is 15.4 Å². The number of hydrogen-bond acceptors (Lipinski definition) is 4. The van der Waals surface area contributed by atoms with Gasteiger partial charge in [-0.3, -0.25) is 9.59 Å². The Balaban J connectivity index is 1.43. The number of rotatable bonds is 6. The third kappa shape index (κ3) is 5.46. The SMILES string of the molecule is O=C(CN1CCNCC1=O)Nc1ccc(OCC2CCCCC2)cc1. The van der Waals surface area contributed by atoms with Crippen molar-refractivity contribution >= 4 is 17.5 Å². The first-order valence-electron chi connectivity index (χ1n) is 9.22. The molecule has 2 fully saturated rings. The monoisotopic (exact) mass is 345 g/mol. The van der Waals surface area contributed by atoms with Crippen molar-refractivity contribution in [3.8, 4) is 5.75 Å². The highest BCUT2D eigenvalue weighted by molar-refractivity contribution is 5.94. The van der Waals surface area contributed by atoms with Crippen LogP contribution in [0.4, 0.5) is 5.69 Å². The van der Waals surface area contributed by atoms with Crippen molar-refractivity contribution in [1.29, 1.82) is 0 Å². The molecule has 0 unspecified atom stereocenters. The summed E-state index contributed by atoms with van der Waals surface area (Å²) < 4.78 is 5.87. The number of carbonyl (C=O) groups is 2. The lowest BCUT2D eigenvalue weighted by atomic mass is 9.90. The normalized spacial score (nSPS) is 18.9. The average Bonchev–Trinajstić information content (AvgIpc) is 2.64. The van der Waals surface area contributed by atoms with E-state index >= 15 is 0 Å². The van der Waals surface area contributed by atoms with Gasteiger partial charge in [-0.1, -0.05) is 19.3 Å². The second-order valence-corrected chi connectivity index (χ2v) is 6.88. The van der Waals surface area contributed by atoms with E-state index in [0.717, 1.165) is 24.6 Å². The number of amides is 2. The third-order valence-corrected chi connectivity index (χ3v) is 4.87. The van der Waals surface area contributed by atoms with Gasteiger partial charge in [0.1, 0.15) is 5.75 Å². The number of nitrogens with one attached hydrogen (secondary N) is 2. The summed E-state index contributed by atoms with van der Waals surface area (Å²) in [5.74, 6) is 1.30. The Morgan fingerprint density at radius 1 is 1.20 bits per heavy atom. The van der Waals surface area contributed by atoms with Gasteiger partial charge in [-0.2, -0.15) is 0 Å². The van der Waals surface area contributed by atoms with E-state index in [1.54, 1.807) is 4.90 Å². The number of anilines is 1. The summed E-state index contributed by atoms with van der Waals surface area (Å²) in [6, 6.07) is 7.45. The Bertz CT molecular complexity index is 582. The molecule has 0 aromatic heterocycles. The zero-order valence-electron chi connectivity index (χ0n) is 14.6. The standard InChI is InChI=1S/C19H27N3O3/c23-18(13-22-11-10-20-12-19(22)24)21-16-6-8-17(9-7-16)25-14-15-4-2-1-3-5-15/h6-9,15,20H,1-5,10-14H2,(H,21,23). The molecule has 1 aliphatic carbocycles. The molecule has 1 aromatic rings. The molecule has 2 amide bonds. The molecule has 6 heteroatoms. The van der Waals surface area contributed by atoms with Crippen molar-refractivity contribution in [3.05, 3.63) is 24.3 Å². The summed E-state index contributed by atoms with van der Waals surface area (Å²) >= 11 is 0. The molecule has 25 heavy (non-hydrogen) atoms. The van der Waals surface area contributed by atoms with E-state index in [0.29, 0.717) is 19.0 Å². The zero-order chi connectivity index (χ0) is 17.5. The first kappa shape index (κ1) is 17.7. The van der Waals surface area contributed by atoms with E-state index in [1.807, 2.05) is 24.3 Å². The van der Waals surface area contributed by atoms with Crippen LogP contribution in [0.2, 0.25) is 0 Å². The summed E-state index contributed by atoms with van der Waals surface area (Å²) in [5.41, 5.74) is 0.720. The fourth-order valence-corrected chi connectivity index (χ4v) is 3.39. The summed E-state index contributed by atoms with van der Waals surface area (Å²) in [5, 5.41) is 5.83. The molecule has 1 saturated heterocycles. The van der Waals surface area contributed by atoms with Crippen LogP contribution in [0.15, 0.2) is 24.3 Å². The maximum Gasteiger partial charge on any atom is 0.243 e. The molecule has 2 N–H and O–H groups in total. The van der Waals surface area contributed by atoms with E-state index in [1.165, 1.54) is 32.1 Å². The van der Waals surface area contributed by atoms with Crippen LogP contribution in [0, 0.1) is 5.92 Å². The first-order valence-corrected chi connectivity index (χ1v) is 9.22. The van der Waals surface area contributed by atoms with E-state index in [-0.39, 0.29) is 18.4 Å². The molecule has 3 rings (SSSR count). The van der Waals surface area contributed by atoms with Crippen LogP contribution in [0.1, 0.15) is 32.1 Å². The van der Waals surface area contributed by atoms with Gasteiger partial charge in [-0.05, 0) is 43.0 Å². The molecule has 0 radical (unpaired) electrons. The van der Waals surface area contributed by atoms with E-state index < -0.39 is 0 Å². The second-order valence-electron chi connectivity index (χ2n) is 6.88. The predicted molar refractivity (Wildman–Crippen MR) is 96.6 cm³/mol. The molecule has 1 saturated carbocycles. The van der Waals surface area contributed by atoms with Crippen LogP contribution in [-0.4, -0.2) is 49.5 Å². The van der Waals surface area contributed by atoms with Crippen molar-refractivity contribution < 1.29 is 14.3 Å². The van der Waals surface area contributed by atoms with Crippen molar-refractivity contribution in [3.63, 3.8) is 0 Å². The quantitative estimate of drug-likeness (QED) is 0.827. The molecular formula is C19H27N3O3. The summed E-state index contributed by atoms with van der Waals surface area (Å²) in [6.07, 6.45) is 6.51. The highest BCUT2D eigenvalue weighted by Crippen LogP contribution is 2.25. The van der Waals surface area contributed by atoms with Gasteiger partial charge in [-0.25, -0.2) is 0 Å². The van der Waals surface area contributed by atoms with Crippen molar-refractivity contribution in [2.75, 3.05) is 38.1 Å². The number of ether oxygens (including phenoxy) is 1. The Morgan fingerprint density at radius 3 is 2.68 bits per heavy atom. The van der Waals surface area contributed by atoms with Crippen molar-refractivity contribution in [2.24, 2.45) is 5.92 Å². The lowest BCUT2D eigenvalue weighted by Gasteiger charge is -2.26.